The number of nitrogens with zero attached hydrogens (tertiary/aromatic N) is 1. The first-order valence-electron chi connectivity index (χ1n) is 7.94. The topological polar surface area (TPSA) is 88.9 Å². The Labute approximate surface area is 144 Å². The minimum absolute atomic E-state index is 0.224. The van der Waals surface area contributed by atoms with Crippen molar-refractivity contribution in [1.29, 1.82) is 0 Å². The van der Waals surface area contributed by atoms with Crippen molar-refractivity contribution in [3.63, 3.8) is 0 Å². The Hall–Kier alpha value is -3.09. The van der Waals surface area contributed by atoms with Gasteiger partial charge in [0.1, 0.15) is 6.04 Å². The number of rotatable bonds is 4. The number of esters is 1. The number of benzene rings is 1. The molecular weight excluding hydrogens is 324 g/mol. The summed E-state index contributed by atoms with van der Waals surface area (Å²) in [6.07, 6.45) is 2.78. The molecule has 1 saturated heterocycles. The number of carbonyl (C=O) groups excluding carboxylic acids is 3. The van der Waals surface area contributed by atoms with E-state index in [0.29, 0.717) is 24.2 Å². The zero-order valence-electron chi connectivity index (χ0n) is 13.7. The minimum atomic E-state index is -0.544. The van der Waals surface area contributed by atoms with Crippen molar-refractivity contribution in [2.75, 3.05) is 19.0 Å². The molecule has 0 saturated carbocycles. The molecule has 2 amide bonds. The van der Waals surface area contributed by atoms with Crippen LogP contribution in [-0.4, -0.2) is 42.4 Å². The van der Waals surface area contributed by atoms with Crippen LogP contribution in [0.2, 0.25) is 0 Å². The van der Waals surface area contributed by atoms with Crippen LogP contribution in [0.25, 0.3) is 0 Å². The zero-order chi connectivity index (χ0) is 17.8. The third kappa shape index (κ3) is 3.55. The fourth-order valence-corrected chi connectivity index (χ4v) is 2.86. The van der Waals surface area contributed by atoms with E-state index < -0.39 is 12.0 Å². The first-order chi connectivity index (χ1) is 12.1. The standard InChI is InChI=1S/C18H18N2O5/c1-24-18(23)12-6-8-13(9-7-12)19-16(21)14-4-2-10-20(14)17(22)15-5-3-11-25-15/h3,5-9,11,14H,2,4,10H2,1H3,(H,19,21)/t14-/m0/s1. The molecule has 0 radical (unpaired) electrons. The summed E-state index contributed by atoms with van der Waals surface area (Å²) in [7, 11) is 1.31. The Kier molecular flexibility index (Phi) is 4.83. The average molecular weight is 342 g/mol. The van der Waals surface area contributed by atoms with Gasteiger partial charge in [-0.25, -0.2) is 4.79 Å². The largest absolute Gasteiger partial charge is 0.465 e. The van der Waals surface area contributed by atoms with Crippen LogP contribution in [0.5, 0.6) is 0 Å². The number of furan rings is 1. The highest BCUT2D eigenvalue weighted by Crippen LogP contribution is 2.22. The van der Waals surface area contributed by atoms with Crippen LogP contribution in [0.4, 0.5) is 5.69 Å². The van der Waals surface area contributed by atoms with Crippen LogP contribution in [0, 0.1) is 0 Å². The molecule has 1 aromatic heterocycles. The molecule has 3 rings (SSSR count). The van der Waals surface area contributed by atoms with E-state index in [2.05, 4.69) is 10.1 Å². The first-order valence-corrected chi connectivity index (χ1v) is 7.94. The summed E-state index contributed by atoms with van der Waals surface area (Å²) in [4.78, 5) is 37.9. The number of carbonyl (C=O) groups is 3. The number of methoxy groups -OCH3 is 1. The van der Waals surface area contributed by atoms with Crippen LogP contribution in [0.1, 0.15) is 33.8 Å². The number of anilines is 1. The first kappa shape index (κ1) is 16.8. The van der Waals surface area contributed by atoms with E-state index in [4.69, 9.17) is 4.42 Å². The molecule has 1 aliphatic heterocycles. The molecule has 1 N–H and O–H groups in total. The van der Waals surface area contributed by atoms with Crippen molar-refractivity contribution >= 4 is 23.5 Å². The number of hydrogen-bond acceptors (Lipinski definition) is 5. The van der Waals surface area contributed by atoms with E-state index in [9.17, 15) is 14.4 Å². The predicted octanol–water partition coefficient (Wildman–Crippen LogP) is 2.31. The number of ether oxygens (including phenoxy) is 1. The Bertz CT molecular complexity index is 767. The second-order valence-corrected chi connectivity index (χ2v) is 5.69. The molecule has 0 bridgehead atoms. The SMILES string of the molecule is COC(=O)c1ccc(NC(=O)[C@@H]2CCCN2C(=O)c2ccco2)cc1. The van der Waals surface area contributed by atoms with Crippen molar-refractivity contribution in [3.8, 4) is 0 Å². The Morgan fingerprint density at radius 2 is 1.96 bits per heavy atom. The number of amides is 2. The van der Waals surface area contributed by atoms with E-state index in [1.54, 1.807) is 36.4 Å². The van der Waals surface area contributed by atoms with Gasteiger partial charge in [-0.05, 0) is 49.2 Å². The summed E-state index contributed by atoms with van der Waals surface area (Å²) in [5.41, 5.74) is 0.950. The smallest absolute Gasteiger partial charge is 0.337 e. The lowest BCUT2D eigenvalue weighted by Gasteiger charge is -2.23. The van der Waals surface area contributed by atoms with Gasteiger partial charge in [0.25, 0.3) is 5.91 Å². The van der Waals surface area contributed by atoms with Gasteiger partial charge in [-0.1, -0.05) is 0 Å². The van der Waals surface area contributed by atoms with Crippen molar-refractivity contribution in [2.24, 2.45) is 0 Å². The normalized spacial score (nSPS) is 16.5. The molecule has 1 aliphatic rings. The van der Waals surface area contributed by atoms with E-state index in [-0.39, 0.29) is 17.6 Å². The summed E-state index contributed by atoms with van der Waals surface area (Å²) in [5, 5.41) is 2.78. The Morgan fingerprint density at radius 1 is 1.20 bits per heavy atom. The Balaban J connectivity index is 1.67. The van der Waals surface area contributed by atoms with E-state index in [0.717, 1.165) is 6.42 Å². The lowest BCUT2D eigenvalue weighted by molar-refractivity contribution is -0.119. The molecule has 0 aliphatic carbocycles. The van der Waals surface area contributed by atoms with Gasteiger partial charge in [0, 0.05) is 12.2 Å². The molecule has 2 heterocycles. The second-order valence-electron chi connectivity index (χ2n) is 5.69. The molecule has 1 fully saturated rings. The van der Waals surface area contributed by atoms with E-state index in [1.165, 1.54) is 18.3 Å². The van der Waals surface area contributed by atoms with Crippen LogP contribution in [-0.2, 0) is 9.53 Å². The van der Waals surface area contributed by atoms with Gasteiger partial charge < -0.3 is 19.4 Å². The highest BCUT2D eigenvalue weighted by atomic mass is 16.5. The number of nitrogens with one attached hydrogen (secondary N) is 1. The van der Waals surface area contributed by atoms with Gasteiger partial charge in [0.2, 0.25) is 5.91 Å². The van der Waals surface area contributed by atoms with E-state index in [1.807, 2.05) is 0 Å². The molecule has 130 valence electrons. The molecule has 25 heavy (non-hydrogen) atoms. The molecule has 1 aromatic carbocycles. The number of hydrogen-bond donors (Lipinski definition) is 1. The highest BCUT2D eigenvalue weighted by molar-refractivity contribution is 6.00. The minimum Gasteiger partial charge on any atom is -0.465 e. The molecule has 0 unspecified atom stereocenters. The maximum absolute atomic E-state index is 12.5. The van der Waals surface area contributed by atoms with Gasteiger partial charge in [0.15, 0.2) is 5.76 Å². The molecular formula is C18H18N2O5. The summed E-state index contributed by atoms with van der Waals surface area (Å²) >= 11 is 0. The summed E-state index contributed by atoms with van der Waals surface area (Å²) in [6.45, 7) is 0.513. The predicted molar refractivity (Wildman–Crippen MR) is 89.2 cm³/mol. The van der Waals surface area contributed by atoms with Crippen molar-refractivity contribution in [1.82, 2.24) is 4.90 Å². The van der Waals surface area contributed by atoms with Gasteiger partial charge in [-0.3, -0.25) is 9.59 Å². The zero-order valence-corrected chi connectivity index (χ0v) is 13.7. The maximum atomic E-state index is 12.5. The summed E-state index contributed by atoms with van der Waals surface area (Å²) in [6, 6.07) is 9.07. The van der Waals surface area contributed by atoms with Crippen LogP contribution in [0.15, 0.2) is 47.1 Å². The third-order valence-electron chi connectivity index (χ3n) is 4.12. The lowest BCUT2D eigenvalue weighted by atomic mass is 10.1. The molecule has 7 nitrogen and oxygen atoms in total. The lowest BCUT2D eigenvalue weighted by Crippen LogP contribution is -2.43. The molecule has 1 atom stereocenters. The fourth-order valence-electron chi connectivity index (χ4n) is 2.86. The molecule has 2 aromatic rings. The van der Waals surface area contributed by atoms with Crippen molar-refractivity contribution in [2.45, 2.75) is 18.9 Å². The van der Waals surface area contributed by atoms with Crippen LogP contribution in [0.3, 0.4) is 0 Å². The maximum Gasteiger partial charge on any atom is 0.337 e. The van der Waals surface area contributed by atoms with Crippen molar-refractivity contribution in [3.05, 3.63) is 54.0 Å². The quantitative estimate of drug-likeness (QED) is 0.861. The third-order valence-corrected chi connectivity index (χ3v) is 4.12. The van der Waals surface area contributed by atoms with Gasteiger partial charge in [0.05, 0.1) is 18.9 Å². The molecule has 7 heteroatoms. The Morgan fingerprint density at radius 3 is 2.60 bits per heavy atom. The summed E-state index contributed by atoms with van der Waals surface area (Å²) < 4.78 is 9.77. The fraction of sp³-hybridized carbons (Fsp3) is 0.278. The monoisotopic (exact) mass is 342 g/mol. The van der Waals surface area contributed by atoms with E-state index >= 15 is 0 Å². The summed E-state index contributed by atoms with van der Waals surface area (Å²) in [5.74, 6) is -0.766. The molecule has 0 spiro atoms. The average Bonchev–Trinajstić information content (AvgIpc) is 3.32. The van der Waals surface area contributed by atoms with Crippen molar-refractivity contribution < 1.29 is 23.5 Å². The van der Waals surface area contributed by atoms with Crippen LogP contribution >= 0.6 is 0 Å². The van der Waals surface area contributed by atoms with Gasteiger partial charge in [-0.2, -0.15) is 0 Å². The van der Waals surface area contributed by atoms with Gasteiger partial charge >= 0.3 is 5.97 Å². The highest BCUT2D eigenvalue weighted by Gasteiger charge is 2.35. The second kappa shape index (κ2) is 7.21. The number of likely N-dealkylation sites (tertiary alicyclic amines) is 1. The van der Waals surface area contributed by atoms with Crippen LogP contribution < -0.4 is 5.32 Å². The van der Waals surface area contributed by atoms with Gasteiger partial charge in [-0.15, -0.1) is 0 Å².